The van der Waals surface area contributed by atoms with Gasteiger partial charge in [0, 0.05) is 19.1 Å². The summed E-state index contributed by atoms with van der Waals surface area (Å²) in [4.78, 5) is 10.2. The number of anilines is 2. The molecule has 16 heavy (non-hydrogen) atoms. The van der Waals surface area contributed by atoms with E-state index in [1.807, 2.05) is 0 Å². The van der Waals surface area contributed by atoms with Crippen molar-refractivity contribution in [2.24, 2.45) is 0 Å². The van der Waals surface area contributed by atoms with Crippen LogP contribution in [0.5, 0.6) is 0 Å². The van der Waals surface area contributed by atoms with Crippen LogP contribution in [-0.4, -0.2) is 41.0 Å². The van der Waals surface area contributed by atoms with Crippen molar-refractivity contribution < 1.29 is 0 Å². The lowest BCUT2D eigenvalue weighted by Crippen LogP contribution is -2.27. The Bertz CT molecular complexity index is 366. The van der Waals surface area contributed by atoms with Crippen LogP contribution in [0.15, 0.2) is 6.33 Å². The van der Waals surface area contributed by atoms with E-state index in [9.17, 15) is 0 Å². The summed E-state index contributed by atoms with van der Waals surface area (Å²) in [6, 6.07) is 0.771. The van der Waals surface area contributed by atoms with E-state index in [0.717, 1.165) is 19.1 Å². The normalized spacial score (nSPS) is 15.4. The molecule has 88 valence electrons. The van der Waals surface area contributed by atoms with Crippen LogP contribution in [-0.2, 0) is 0 Å². The van der Waals surface area contributed by atoms with Crippen molar-refractivity contribution in [2.75, 3.05) is 31.2 Å². The van der Waals surface area contributed by atoms with Gasteiger partial charge in [0.15, 0.2) is 11.0 Å². The van der Waals surface area contributed by atoms with E-state index in [4.69, 9.17) is 17.3 Å². The van der Waals surface area contributed by atoms with Gasteiger partial charge in [0.05, 0.1) is 0 Å². The lowest BCUT2D eigenvalue weighted by Gasteiger charge is -2.16. The van der Waals surface area contributed by atoms with Crippen molar-refractivity contribution in [1.29, 1.82) is 0 Å². The zero-order valence-corrected chi connectivity index (χ0v) is 10.0. The summed E-state index contributed by atoms with van der Waals surface area (Å²) in [6.07, 6.45) is 4.04. The third kappa shape index (κ3) is 2.74. The quantitative estimate of drug-likeness (QED) is 0.759. The third-order valence-electron chi connectivity index (χ3n) is 2.76. The largest absolute Gasteiger partial charge is 0.393 e. The highest BCUT2D eigenvalue weighted by molar-refractivity contribution is 6.32. The molecule has 0 aromatic carbocycles. The predicted molar refractivity (Wildman–Crippen MR) is 65.6 cm³/mol. The van der Waals surface area contributed by atoms with Gasteiger partial charge in [-0.3, -0.25) is 0 Å². The molecule has 0 aliphatic heterocycles. The molecule has 0 saturated heterocycles. The zero-order valence-electron chi connectivity index (χ0n) is 9.28. The molecule has 1 aromatic rings. The van der Waals surface area contributed by atoms with Gasteiger partial charge in [-0.25, -0.2) is 9.97 Å². The Kier molecular flexibility index (Phi) is 3.46. The van der Waals surface area contributed by atoms with Gasteiger partial charge in [-0.05, 0) is 19.9 Å². The highest BCUT2D eigenvalue weighted by Crippen LogP contribution is 2.25. The number of rotatable bonds is 5. The Morgan fingerprint density at radius 1 is 1.56 bits per heavy atom. The first kappa shape index (κ1) is 11.4. The van der Waals surface area contributed by atoms with Gasteiger partial charge in [0.2, 0.25) is 0 Å². The maximum absolute atomic E-state index is 5.79. The molecule has 1 saturated carbocycles. The van der Waals surface area contributed by atoms with Crippen LogP contribution in [0.2, 0.25) is 5.15 Å². The fourth-order valence-electron chi connectivity index (χ4n) is 1.56. The minimum absolute atomic E-state index is 0.299. The highest BCUT2D eigenvalue weighted by Gasteiger charge is 2.25. The molecule has 1 aliphatic rings. The summed E-state index contributed by atoms with van der Waals surface area (Å²) < 4.78 is 0. The predicted octanol–water partition coefficient (Wildman–Crippen LogP) is 1.22. The monoisotopic (exact) mass is 241 g/mol. The van der Waals surface area contributed by atoms with Crippen LogP contribution < -0.4 is 11.1 Å². The second-order valence-corrected chi connectivity index (χ2v) is 4.42. The Hall–Kier alpha value is -1.07. The first-order chi connectivity index (χ1) is 7.68. The molecule has 0 bridgehead atoms. The molecule has 1 aromatic heterocycles. The fraction of sp³-hybridized carbons (Fsp3) is 0.600. The number of nitrogens with one attached hydrogen (secondary N) is 1. The van der Waals surface area contributed by atoms with E-state index < -0.39 is 0 Å². The number of nitrogens with zero attached hydrogens (tertiary/aromatic N) is 3. The Morgan fingerprint density at radius 2 is 2.31 bits per heavy atom. The van der Waals surface area contributed by atoms with Crippen molar-refractivity contribution in [3.05, 3.63) is 11.5 Å². The summed E-state index contributed by atoms with van der Waals surface area (Å²) >= 11 is 5.79. The standard InChI is InChI=1S/C10H16ClN5/c1-16(7-2-3-7)5-4-13-10-8(12)9(11)14-6-15-10/h6-7H,2-5,12H2,1H3,(H,13,14,15). The van der Waals surface area contributed by atoms with Crippen LogP contribution in [0.3, 0.4) is 0 Å². The molecule has 1 heterocycles. The lowest BCUT2D eigenvalue weighted by atomic mass is 10.4. The first-order valence-corrected chi connectivity index (χ1v) is 5.76. The Labute approximate surface area is 100 Å². The molecular weight excluding hydrogens is 226 g/mol. The van der Waals surface area contributed by atoms with Crippen LogP contribution in [0, 0.1) is 0 Å². The van der Waals surface area contributed by atoms with Crippen molar-refractivity contribution in [2.45, 2.75) is 18.9 Å². The molecule has 0 amide bonds. The molecule has 0 radical (unpaired) electrons. The summed E-state index contributed by atoms with van der Waals surface area (Å²) in [7, 11) is 2.13. The van der Waals surface area contributed by atoms with E-state index in [-0.39, 0.29) is 0 Å². The second-order valence-electron chi connectivity index (χ2n) is 4.07. The number of nitrogen functional groups attached to an aromatic ring is 1. The summed E-state index contributed by atoms with van der Waals surface area (Å²) in [5.41, 5.74) is 6.15. The van der Waals surface area contributed by atoms with E-state index in [1.165, 1.54) is 19.2 Å². The van der Waals surface area contributed by atoms with E-state index in [0.29, 0.717) is 16.7 Å². The number of halogens is 1. The second kappa shape index (κ2) is 4.84. The topological polar surface area (TPSA) is 67.1 Å². The number of hydrogen-bond acceptors (Lipinski definition) is 5. The molecular formula is C10H16ClN5. The number of likely N-dealkylation sites (N-methyl/N-ethyl adjacent to an activating group) is 1. The van der Waals surface area contributed by atoms with Crippen LogP contribution >= 0.6 is 11.6 Å². The molecule has 3 N–H and O–H groups in total. The van der Waals surface area contributed by atoms with Crippen molar-refractivity contribution >= 4 is 23.1 Å². The molecule has 5 nitrogen and oxygen atoms in total. The van der Waals surface area contributed by atoms with E-state index >= 15 is 0 Å². The van der Waals surface area contributed by atoms with Crippen LogP contribution in [0.4, 0.5) is 11.5 Å². The lowest BCUT2D eigenvalue weighted by molar-refractivity contribution is 0.337. The Morgan fingerprint density at radius 3 is 3.00 bits per heavy atom. The average Bonchev–Trinajstić information content (AvgIpc) is 3.07. The highest BCUT2D eigenvalue weighted by atomic mass is 35.5. The minimum atomic E-state index is 0.299. The summed E-state index contributed by atoms with van der Waals surface area (Å²) in [6.45, 7) is 1.79. The van der Waals surface area contributed by atoms with Crippen molar-refractivity contribution in [3.8, 4) is 0 Å². The smallest absolute Gasteiger partial charge is 0.157 e. The molecule has 1 aliphatic carbocycles. The van der Waals surface area contributed by atoms with Gasteiger partial charge in [-0.15, -0.1) is 0 Å². The summed E-state index contributed by atoms with van der Waals surface area (Å²) in [5, 5.41) is 3.46. The molecule has 1 fully saturated rings. The van der Waals surface area contributed by atoms with Gasteiger partial charge < -0.3 is 16.0 Å². The summed E-state index contributed by atoms with van der Waals surface area (Å²) in [5.74, 6) is 0.615. The maximum atomic E-state index is 5.79. The van der Waals surface area contributed by atoms with Gasteiger partial charge in [0.25, 0.3) is 0 Å². The average molecular weight is 242 g/mol. The minimum Gasteiger partial charge on any atom is -0.393 e. The molecule has 0 atom stereocenters. The number of aromatic nitrogens is 2. The molecule has 6 heteroatoms. The molecule has 0 spiro atoms. The van der Waals surface area contributed by atoms with Gasteiger partial charge in [-0.2, -0.15) is 0 Å². The number of hydrogen-bond donors (Lipinski definition) is 2. The van der Waals surface area contributed by atoms with Crippen molar-refractivity contribution in [3.63, 3.8) is 0 Å². The van der Waals surface area contributed by atoms with Crippen LogP contribution in [0.1, 0.15) is 12.8 Å². The van der Waals surface area contributed by atoms with Crippen molar-refractivity contribution in [1.82, 2.24) is 14.9 Å². The zero-order chi connectivity index (χ0) is 11.5. The maximum Gasteiger partial charge on any atom is 0.157 e. The van der Waals surface area contributed by atoms with E-state index in [1.54, 1.807) is 0 Å². The SMILES string of the molecule is CN(CCNc1ncnc(Cl)c1N)C1CC1. The van der Waals surface area contributed by atoms with Gasteiger partial charge in [-0.1, -0.05) is 11.6 Å². The Balaban J connectivity index is 1.82. The van der Waals surface area contributed by atoms with Crippen LogP contribution in [0.25, 0.3) is 0 Å². The molecule has 0 unspecified atom stereocenters. The molecule has 2 rings (SSSR count). The van der Waals surface area contributed by atoms with Gasteiger partial charge in [0.1, 0.15) is 12.0 Å². The first-order valence-electron chi connectivity index (χ1n) is 5.38. The van der Waals surface area contributed by atoms with E-state index in [2.05, 4.69) is 27.2 Å². The number of nitrogens with two attached hydrogens (primary N) is 1. The third-order valence-corrected chi connectivity index (χ3v) is 3.06. The fourth-order valence-corrected chi connectivity index (χ4v) is 1.70. The van der Waals surface area contributed by atoms with Gasteiger partial charge >= 0.3 is 0 Å².